The zero-order valence-corrected chi connectivity index (χ0v) is 13.4. The van der Waals surface area contributed by atoms with Crippen LogP contribution < -0.4 is 0 Å². The van der Waals surface area contributed by atoms with Crippen molar-refractivity contribution in [1.82, 2.24) is 0 Å². The molecule has 0 bridgehead atoms. The summed E-state index contributed by atoms with van der Waals surface area (Å²) in [4.78, 5) is 0. The van der Waals surface area contributed by atoms with Gasteiger partial charge in [-0.2, -0.15) is 35.0 Å². The van der Waals surface area contributed by atoms with Crippen LogP contribution in [0.3, 0.4) is 0 Å². The molecule has 4 rings (SSSR count). The number of fused-ring (bicyclic) bond motifs is 2. The van der Waals surface area contributed by atoms with Gasteiger partial charge in [-0.3, -0.25) is 0 Å². The van der Waals surface area contributed by atoms with Gasteiger partial charge in [-0.25, -0.2) is 0 Å². The third-order valence-electron chi connectivity index (χ3n) is 3.10. The molecule has 0 saturated carbocycles. The molecule has 0 unspecified atom stereocenters. The van der Waals surface area contributed by atoms with Crippen molar-refractivity contribution in [2.75, 3.05) is 0 Å². The second kappa shape index (κ2) is 8.06. The topological polar surface area (TPSA) is 0 Å². The molecule has 0 spiro atoms. The SMILES string of the molecule is Cl.[Ti+2].c1ccc2[cH-]ccc2c1.c1ccc2[cH-]ccc2c1. The van der Waals surface area contributed by atoms with Gasteiger partial charge >= 0.3 is 21.7 Å². The molecule has 0 aliphatic heterocycles. The fourth-order valence-electron chi connectivity index (χ4n) is 2.14. The molecule has 98 valence electrons. The molecule has 2 heteroatoms. The summed E-state index contributed by atoms with van der Waals surface area (Å²) in [5, 5.41) is 5.32. The van der Waals surface area contributed by atoms with Gasteiger partial charge < -0.3 is 0 Å². The van der Waals surface area contributed by atoms with Gasteiger partial charge in [0.2, 0.25) is 0 Å². The van der Waals surface area contributed by atoms with Crippen LogP contribution in [0, 0.1) is 0 Å². The molecular formula is C18H15ClTi. The molecule has 0 amide bonds. The first-order chi connectivity index (χ1) is 8.93. The number of benzene rings is 2. The first-order valence-electron chi connectivity index (χ1n) is 6.14. The molecule has 0 aliphatic rings. The maximum absolute atomic E-state index is 2.12. The van der Waals surface area contributed by atoms with E-state index in [4.69, 9.17) is 0 Å². The van der Waals surface area contributed by atoms with Crippen LogP contribution in [0.5, 0.6) is 0 Å². The molecule has 20 heavy (non-hydrogen) atoms. The van der Waals surface area contributed by atoms with Crippen molar-refractivity contribution in [3.05, 3.63) is 84.9 Å². The van der Waals surface area contributed by atoms with E-state index in [1.807, 2.05) is 0 Å². The van der Waals surface area contributed by atoms with Gasteiger partial charge in [0.25, 0.3) is 0 Å². The monoisotopic (exact) mass is 314 g/mol. The van der Waals surface area contributed by atoms with Crippen LogP contribution in [0.25, 0.3) is 21.5 Å². The molecule has 0 nitrogen and oxygen atoms in total. The Balaban J connectivity index is 0.000000182. The summed E-state index contributed by atoms with van der Waals surface area (Å²) in [7, 11) is 0. The van der Waals surface area contributed by atoms with Crippen LogP contribution in [-0.2, 0) is 21.7 Å². The molecular weight excluding hydrogens is 300 g/mol. The van der Waals surface area contributed by atoms with Crippen LogP contribution >= 0.6 is 12.4 Å². The summed E-state index contributed by atoms with van der Waals surface area (Å²) in [6.07, 6.45) is 0. The zero-order chi connectivity index (χ0) is 12.2. The second-order valence-corrected chi connectivity index (χ2v) is 4.31. The first-order valence-corrected chi connectivity index (χ1v) is 6.14. The molecule has 0 atom stereocenters. The van der Waals surface area contributed by atoms with E-state index in [0.29, 0.717) is 0 Å². The Morgan fingerprint density at radius 1 is 0.550 bits per heavy atom. The van der Waals surface area contributed by atoms with Crippen molar-refractivity contribution in [1.29, 1.82) is 0 Å². The average molecular weight is 315 g/mol. The minimum Gasteiger partial charge on any atom is -0.168 e. The summed E-state index contributed by atoms with van der Waals surface area (Å²) < 4.78 is 0. The molecule has 4 aromatic rings. The van der Waals surface area contributed by atoms with Crippen molar-refractivity contribution in [2.24, 2.45) is 0 Å². The Morgan fingerprint density at radius 2 is 0.950 bits per heavy atom. The number of hydrogen-bond acceptors (Lipinski definition) is 0. The summed E-state index contributed by atoms with van der Waals surface area (Å²) >= 11 is 0. The largest absolute Gasteiger partial charge is 2.00 e. The van der Waals surface area contributed by atoms with Gasteiger partial charge in [-0.15, -0.1) is 71.7 Å². The van der Waals surface area contributed by atoms with E-state index in [9.17, 15) is 0 Å². The zero-order valence-electron chi connectivity index (χ0n) is 11.0. The number of hydrogen-bond donors (Lipinski definition) is 0. The minimum atomic E-state index is 0. The van der Waals surface area contributed by atoms with Crippen LogP contribution in [0.1, 0.15) is 0 Å². The Kier molecular flexibility index (Phi) is 6.74. The van der Waals surface area contributed by atoms with Gasteiger partial charge in [-0.1, -0.05) is 12.1 Å². The van der Waals surface area contributed by atoms with Gasteiger partial charge in [0.1, 0.15) is 0 Å². The molecule has 0 N–H and O–H groups in total. The van der Waals surface area contributed by atoms with Crippen molar-refractivity contribution < 1.29 is 21.7 Å². The van der Waals surface area contributed by atoms with Crippen molar-refractivity contribution in [2.45, 2.75) is 0 Å². The quantitative estimate of drug-likeness (QED) is 0.295. The molecule has 4 aromatic carbocycles. The third kappa shape index (κ3) is 3.83. The van der Waals surface area contributed by atoms with Crippen LogP contribution in [0.2, 0.25) is 0 Å². The van der Waals surface area contributed by atoms with Crippen molar-refractivity contribution >= 4 is 34.0 Å². The first kappa shape index (κ1) is 16.7. The summed E-state index contributed by atoms with van der Waals surface area (Å²) in [6.45, 7) is 0. The van der Waals surface area contributed by atoms with E-state index >= 15 is 0 Å². The van der Waals surface area contributed by atoms with E-state index in [1.165, 1.54) is 21.5 Å². The third-order valence-corrected chi connectivity index (χ3v) is 3.10. The average Bonchev–Trinajstić information content (AvgIpc) is 3.08. The summed E-state index contributed by atoms with van der Waals surface area (Å²) in [6, 6.07) is 29.3. The van der Waals surface area contributed by atoms with Crippen molar-refractivity contribution in [3.8, 4) is 0 Å². The predicted molar refractivity (Wildman–Crippen MR) is 86.3 cm³/mol. The molecule has 0 saturated heterocycles. The molecule has 0 radical (unpaired) electrons. The normalized spacial score (nSPS) is 9.20. The Hall–Kier alpha value is -1.34. The maximum Gasteiger partial charge on any atom is 2.00 e. The Bertz CT molecular complexity index is 625. The van der Waals surface area contributed by atoms with Gasteiger partial charge in [0.15, 0.2) is 0 Å². The summed E-state index contributed by atoms with van der Waals surface area (Å²) in [5.41, 5.74) is 0. The number of halogens is 1. The van der Waals surface area contributed by atoms with E-state index in [0.717, 1.165) is 0 Å². The van der Waals surface area contributed by atoms with Crippen LogP contribution in [0.15, 0.2) is 84.9 Å². The minimum absolute atomic E-state index is 0. The van der Waals surface area contributed by atoms with Crippen molar-refractivity contribution in [3.63, 3.8) is 0 Å². The molecule has 0 heterocycles. The van der Waals surface area contributed by atoms with Gasteiger partial charge in [-0.05, 0) is 0 Å². The van der Waals surface area contributed by atoms with Crippen LogP contribution in [0.4, 0.5) is 0 Å². The van der Waals surface area contributed by atoms with E-state index in [1.54, 1.807) is 0 Å². The maximum atomic E-state index is 2.12. The standard InChI is InChI=1S/2C9H7.ClH.Ti/c2*1-2-5-9-7-3-6-8(9)4-1;;/h2*1-7H;1H;/q2*-1;;+2. The Morgan fingerprint density at radius 3 is 1.35 bits per heavy atom. The smallest absolute Gasteiger partial charge is 0.168 e. The predicted octanol–water partition coefficient (Wildman–Crippen LogP) is 5.54. The van der Waals surface area contributed by atoms with Crippen LogP contribution in [-0.4, -0.2) is 0 Å². The molecule has 0 fully saturated rings. The molecule has 0 aromatic heterocycles. The van der Waals surface area contributed by atoms with Gasteiger partial charge in [0.05, 0.1) is 0 Å². The fourth-order valence-corrected chi connectivity index (χ4v) is 2.14. The second-order valence-electron chi connectivity index (χ2n) is 4.31. The Labute approximate surface area is 140 Å². The van der Waals surface area contributed by atoms with E-state index in [-0.39, 0.29) is 34.1 Å². The number of rotatable bonds is 0. The molecule has 0 aliphatic carbocycles. The van der Waals surface area contributed by atoms with E-state index in [2.05, 4.69) is 84.9 Å². The summed E-state index contributed by atoms with van der Waals surface area (Å²) in [5.74, 6) is 0. The fraction of sp³-hybridized carbons (Fsp3) is 0. The van der Waals surface area contributed by atoms with E-state index < -0.39 is 0 Å². The van der Waals surface area contributed by atoms with Gasteiger partial charge in [0, 0.05) is 0 Å².